The molecule has 0 fully saturated rings. The normalized spacial score (nSPS) is 16.2. The van der Waals surface area contributed by atoms with Gasteiger partial charge in [-0.05, 0) is 17.7 Å². The van der Waals surface area contributed by atoms with Crippen LogP contribution in [0.3, 0.4) is 0 Å². The number of benzene rings is 2. The first-order chi connectivity index (χ1) is 15.5. The molecular weight excluding hydrogens is 410 g/mol. The van der Waals surface area contributed by atoms with Crippen molar-refractivity contribution >= 4 is 28.6 Å². The molecule has 4 rings (SSSR count). The number of carbonyl (C=O) groups is 2. The second kappa shape index (κ2) is 8.32. The molecule has 3 aromatic rings. The number of carbonyl (C=O) groups excluding carboxylic acids is 2. The van der Waals surface area contributed by atoms with Gasteiger partial charge in [0.15, 0.2) is 5.58 Å². The zero-order valence-electron chi connectivity index (χ0n) is 17.4. The van der Waals surface area contributed by atoms with Crippen LogP contribution in [-0.2, 0) is 19.1 Å². The molecule has 1 aliphatic rings. The molecule has 0 bridgehead atoms. The van der Waals surface area contributed by atoms with Crippen molar-refractivity contribution in [1.82, 2.24) is 0 Å². The van der Waals surface area contributed by atoms with Crippen molar-refractivity contribution < 1.29 is 23.5 Å². The first kappa shape index (κ1) is 20.8. The Kier molecular flexibility index (Phi) is 5.39. The van der Waals surface area contributed by atoms with Crippen molar-refractivity contribution in [2.24, 2.45) is 5.73 Å². The third kappa shape index (κ3) is 3.17. The summed E-state index contributed by atoms with van der Waals surface area (Å²) in [5.74, 6) is -2.53. The summed E-state index contributed by atoms with van der Waals surface area (Å²) in [6, 6.07) is 18.0. The van der Waals surface area contributed by atoms with Crippen molar-refractivity contribution in [3.05, 3.63) is 89.1 Å². The number of nitriles is 1. The Balaban J connectivity index is 2.11. The molecule has 1 aliphatic heterocycles. The third-order valence-corrected chi connectivity index (χ3v) is 5.31. The minimum atomic E-state index is -0.921. The number of nitrogens with zero attached hydrogens (tertiary/aromatic N) is 2. The zero-order valence-corrected chi connectivity index (χ0v) is 17.4. The Morgan fingerprint density at radius 1 is 1.03 bits per heavy atom. The lowest BCUT2D eigenvalue weighted by Crippen LogP contribution is -2.40. The molecule has 1 aromatic heterocycles. The van der Waals surface area contributed by atoms with Crippen LogP contribution in [0.25, 0.3) is 11.0 Å². The molecule has 0 saturated carbocycles. The molecule has 0 aliphatic carbocycles. The molecule has 8 heteroatoms. The molecule has 1 unspecified atom stereocenters. The SMILES string of the molecule is COC(=O)C1=C(C(=O)OC)N(c2cccc3ccoc23)C(N)=C(C#N)C1c1ccccc1. The summed E-state index contributed by atoms with van der Waals surface area (Å²) in [4.78, 5) is 27.4. The van der Waals surface area contributed by atoms with Gasteiger partial charge in [-0.3, -0.25) is 4.90 Å². The zero-order chi connectivity index (χ0) is 22.8. The van der Waals surface area contributed by atoms with E-state index in [9.17, 15) is 14.9 Å². The highest BCUT2D eigenvalue weighted by atomic mass is 16.5. The van der Waals surface area contributed by atoms with Crippen molar-refractivity contribution in [3.63, 3.8) is 0 Å². The minimum absolute atomic E-state index is 0.0155. The standard InChI is InChI=1S/C24H19N3O5/c1-30-23(28)19-18(14-7-4-3-5-8-14)16(13-25)22(26)27(20(19)24(29)31-2)17-10-6-9-15-11-12-32-21(15)17/h3-12,18H,26H2,1-2H3. The summed E-state index contributed by atoms with van der Waals surface area (Å²) in [7, 11) is 2.41. The first-order valence-electron chi connectivity index (χ1n) is 9.65. The van der Waals surface area contributed by atoms with Gasteiger partial charge in [0.2, 0.25) is 0 Å². The molecule has 2 N–H and O–H groups in total. The van der Waals surface area contributed by atoms with Gasteiger partial charge in [0.25, 0.3) is 0 Å². The fourth-order valence-electron chi connectivity index (χ4n) is 3.92. The molecule has 2 aromatic carbocycles. The van der Waals surface area contributed by atoms with Gasteiger partial charge in [-0.1, -0.05) is 42.5 Å². The number of allylic oxidation sites excluding steroid dienone is 1. The maximum absolute atomic E-state index is 13.1. The number of rotatable bonds is 4. The molecule has 160 valence electrons. The highest BCUT2D eigenvalue weighted by Crippen LogP contribution is 2.44. The van der Waals surface area contributed by atoms with Crippen LogP contribution in [0.5, 0.6) is 0 Å². The topological polar surface area (TPSA) is 119 Å². The van der Waals surface area contributed by atoms with Crippen LogP contribution in [0.1, 0.15) is 11.5 Å². The maximum Gasteiger partial charge on any atom is 0.355 e. The molecule has 0 spiro atoms. The number of hydrogen-bond acceptors (Lipinski definition) is 8. The van der Waals surface area contributed by atoms with Crippen LogP contribution in [0, 0.1) is 11.3 Å². The van der Waals surface area contributed by atoms with E-state index in [0.717, 1.165) is 5.39 Å². The summed E-state index contributed by atoms with van der Waals surface area (Å²) < 4.78 is 15.7. The quantitative estimate of drug-likeness (QED) is 0.627. The highest BCUT2D eigenvalue weighted by Gasteiger charge is 2.43. The van der Waals surface area contributed by atoms with Crippen LogP contribution in [-0.4, -0.2) is 26.2 Å². The van der Waals surface area contributed by atoms with E-state index in [1.54, 1.807) is 48.5 Å². The number of para-hydroxylation sites is 1. The fraction of sp³-hybridized carbons (Fsp3) is 0.125. The van der Waals surface area contributed by atoms with Gasteiger partial charge in [-0.15, -0.1) is 0 Å². The number of fused-ring (bicyclic) bond motifs is 1. The van der Waals surface area contributed by atoms with E-state index in [1.165, 1.54) is 25.4 Å². The molecule has 2 heterocycles. The third-order valence-electron chi connectivity index (χ3n) is 5.31. The van der Waals surface area contributed by atoms with Crippen molar-refractivity contribution in [1.29, 1.82) is 5.26 Å². The Labute approximate surface area is 183 Å². The average molecular weight is 429 g/mol. The summed E-state index contributed by atoms with van der Waals surface area (Å²) in [5, 5.41) is 10.8. The lowest BCUT2D eigenvalue weighted by atomic mass is 9.81. The van der Waals surface area contributed by atoms with Gasteiger partial charge in [-0.2, -0.15) is 5.26 Å². The van der Waals surface area contributed by atoms with Crippen LogP contribution in [0.4, 0.5) is 5.69 Å². The molecule has 32 heavy (non-hydrogen) atoms. The number of esters is 2. The Bertz CT molecular complexity index is 1310. The lowest BCUT2D eigenvalue weighted by Gasteiger charge is -2.35. The summed E-state index contributed by atoms with van der Waals surface area (Å²) >= 11 is 0. The van der Waals surface area contributed by atoms with Gasteiger partial charge < -0.3 is 19.6 Å². The summed E-state index contributed by atoms with van der Waals surface area (Å²) in [5.41, 5.74) is 7.79. The van der Waals surface area contributed by atoms with Crippen LogP contribution < -0.4 is 10.6 Å². The maximum atomic E-state index is 13.1. The van der Waals surface area contributed by atoms with Crippen molar-refractivity contribution in [2.45, 2.75) is 5.92 Å². The van der Waals surface area contributed by atoms with E-state index in [1.807, 2.05) is 6.07 Å². The fourth-order valence-corrected chi connectivity index (χ4v) is 3.92. The Morgan fingerprint density at radius 3 is 2.41 bits per heavy atom. The van der Waals surface area contributed by atoms with Crippen molar-refractivity contribution in [2.75, 3.05) is 19.1 Å². The monoisotopic (exact) mass is 429 g/mol. The van der Waals surface area contributed by atoms with Crippen LogP contribution in [0.15, 0.2) is 87.9 Å². The lowest BCUT2D eigenvalue weighted by molar-refractivity contribution is -0.139. The van der Waals surface area contributed by atoms with E-state index >= 15 is 0 Å². The molecule has 1 atom stereocenters. The van der Waals surface area contributed by atoms with Gasteiger partial charge in [0.05, 0.1) is 49.3 Å². The predicted molar refractivity (Wildman–Crippen MR) is 116 cm³/mol. The van der Waals surface area contributed by atoms with Gasteiger partial charge in [0, 0.05) is 5.39 Å². The molecular formula is C24H19N3O5. The average Bonchev–Trinajstić information content (AvgIpc) is 3.32. The van der Waals surface area contributed by atoms with Crippen LogP contribution in [0.2, 0.25) is 0 Å². The van der Waals surface area contributed by atoms with E-state index in [0.29, 0.717) is 16.8 Å². The molecule has 8 nitrogen and oxygen atoms in total. The largest absolute Gasteiger partial charge is 0.466 e. The first-order valence-corrected chi connectivity index (χ1v) is 9.65. The van der Waals surface area contributed by atoms with E-state index < -0.39 is 17.9 Å². The predicted octanol–water partition coefficient (Wildman–Crippen LogP) is 3.33. The summed E-state index contributed by atoms with van der Waals surface area (Å²) in [6.45, 7) is 0. The minimum Gasteiger partial charge on any atom is -0.466 e. The van der Waals surface area contributed by atoms with Crippen molar-refractivity contribution in [3.8, 4) is 6.07 Å². The van der Waals surface area contributed by atoms with E-state index in [4.69, 9.17) is 19.6 Å². The van der Waals surface area contributed by atoms with E-state index in [-0.39, 0.29) is 22.7 Å². The number of hydrogen-bond donors (Lipinski definition) is 1. The second-order valence-electron chi connectivity index (χ2n) is 6.95. The Morgan fingerprint density at radius 2 is 1.75 bits per heavy atom. The highest BCUT2D eigenvalue weighted by molar-refractivity contribution is 6.08. The van der Waals surface area contributed by atoms with E-state index in [2.05, 4.69) is 6.07 Å². The van der Waals surface area contributed by atoms with Gasteiger partial charge >= 0.3 is 11.9 Å². The summed E-state index contributed by atoms with van der Waals surface area (Å²) in [6.07, 6.45) is 1.50. The molecule has 0 amide bonds. The molecule has 0 radical (unpaired) electrons. The smallest absolute Gasteiger partial charge is 0.355 e. The van der Waals surface area contributed by atoms with Gasteiger partial charge in [0.1, 0.15) is 11.5 Å². The molecule has 0 saturated heterocycles. The number of ether oxygens (including phenoxy) is 2. The number of anilines is 1. The number of methoxy groups -OCH3 is 2. The number of furan rings is 1. The Hall–Kier alpha value is -4.51. The van der Waals surface area contributed by atoms with Gasteiger partial charge in [-0.25, -0.2) is 9.59 Å². The second-order valence-corrected chi connectivity index (χ2v) is 6.95. The van der Waals surface area contributed by atoms with Crippen LogP contribution >= 0.6 is 0 Å². The number of nitrogens with two attached hydrogens (primary N) is 1.